The first kappa shape index (κ1) is 11.5. The van der Waals surface area contributed by atoms with Crippen LogP contribution >= 0.6 is 0 Å². The topological polar surface area (TPSA) is 93.5 Å². The molecule has 0 spiro atoms. The van der Waals surface area contributed by atoms with Crippen LogP contribution in [0.25, 0.3) is 11.0 Å². The van der Waals surface area contributed by atoms with Crippen molar-refractivity contribution < 1.29 is 4.74 Å². The number of H-pyrrole nitrogens is 1. The van der Waals surface area contributed by atoms with Gasteiger partial charge in [0.05, 0.1) is 18.6 Å². The highest BCUT2D eigenvalue weighted by Gasteiger charge is 2.12. The first-order chi connectivity index (χ1) is 9.26. The van der Waals surface area contributed by atoms with Gasteiger partial charge in [0.25, 0.3) is 0 Å². The lowest BCUT2D eigenvalue weighted by Gasteiger charge is -2.06. The fraction of sp³-hybridized carbons (Fsp3) is 0.273. The van der Waals surface area contributed by atoms with Gasteiger partial charge in [0.15, 0.2) is 11.4 Å². The summed E-state index contributed by atoms with van der Waals surface area (Å²) in [6.07, 6.45) is 5.03. The van der Waals surface area contributed by atoms with Crippen molar-refractivity contribution in [2.75, 3.05) is 11.9 Å². The van der Waals surface area contributed by atoms with E-state index < -0.39 is 0 Å². The summed E-state index contributed by atoms with van der Waals surface area (Å²) in [5, 5.41) is 14.6. The van der Waals surface area contributed by atoms with Crippen LogP contribution in [0.5, 0.6) is 11.6 Å². The predicted octanol–water partition coefficient (Wildman–Crippen LogP) is 1.31. The van der Waals surface area contributed by atoms with Gasteiger partial charge in [-0.15, -0.1) is 0 Å². The Morgan fingerprint density at radius 3 is 3.00 bits per heavy atom. The van der Waals surface area contributed by atoms with Crippen molar-refractivity contribution in [3.05, 3.63) is 18.6 Å². The average molecular weight is 259 g/mol. The second-order valence-corrected chi connectivity index (χ2v) is 3.97. The third kappa shape index (κ3) is 2.19. The summed E-state index contributed by atoms with van der Waals surface area (Å²) in [6.45, 7) is 2.70. The summed E-state index contributed by atoms with van der Waals surface area (Å²) in [5.74, 6) is 1.56. The first-order valence-corrected chi connectivity index (χ1v) is 5.87. The van der Waals surface area contributed by atoms with Crippen molar-refractivity contribution in [1.29, 1.82) is 0 Å². The molecule has 8 heteroatoms. The minimum Gasteiger partial charge on any atom is -0.435 e. The number of aromatic nitrogens is 6. The number of anilines is 1. The second kappa shape index (κ2) is 4.56. The summed E-state index contributed by atoms with van der Waals surface area (Å²) >= 11 is 0. The Morgan fingerprint density at radius 2 is 2.26 bits per heavy atom. The highest BCUT2D eigenvalue weighted by atomic mass is 16.5. The number of aromatic amines is 1. The average Bonchev–Trinajstić information content (AvgIpc) is 2.99. The van der Waals surface area contributed by atoms with E-state index in [-0.39, 0.29) is 0 Å². The van der Waals surface area contributed by atoms with E-state index in [2.05, 4.69) is 30.6 Å². The molecule has 0 unspecified atom stereocenters. The number of nitrogens with zero attached hydrogens (tertiary/aromatic N) is 5. The van der Waals surface area contributed by atoms with Gasteiger partial charge in [-0.2, -0.15) is 20.2 Å². The van der Waals surface area contributed by atoms with Gasteiger partial charge >= 0.3 is 0 Å². The molecule has 0 atom stereocenters. The van der Waals surface area contributed by atoms with Crippen molar-refractivity contribution in [3.8, 4) is 11.6 Å². The standard InChI is InChI=1S/C11H13N7O/c1-3-12-11-15-9-8(5-13-17-9)10(16-11)19-7-4-14-18(2)6-7/h4-6H,3H2,1-2H3,(H2,12,13,15,16,17). The van der Waals surface area contributed by atoms with Gasteiger partial charge in [-0.3, -0.25) is 9.78 Å². The third-order valence-electron chi connectivity index (χ3n) is 2.51. The number of ether oxygens (including phenoxy) is 1. The molecule has 0 aliphatic heterocycles. The molecule has 3 aromatic heterocycles. The monoisotopic (exact) mass is 259 g/mol. The SMILES string of the molecule is CCNc1nc(Oc2cnn(C)c2)c2cn[nH]c2n1. The summed E-state index contributed by atoms with van der Waals surface area (Å²) < 4.78 is 7.38. The molecular weight excluding hydrogens is 246 g/mol. The van der Waals surface area contributed by atoms with Gasteiger partial charge in [-0.1, -0.05) is 0 Å². The summed E-state index contributed by atoms with van der Waals surface area (Å²) in [7, 11) is 1.82. The van der Waals surface area contributed by atoms with Crippen molar-refractivity contribution in [3.63, 3.8) is 0 Å². The molecule has 3 rings (SSSR count). The lowest BCUT2D eigenvalue weighted by molar-refractivity contribution is 0.468. The van der Waals surface area contributed by atoms with Gasteiger partial charge in [0.1, 0.15) is 5.39 Å². The van der Waals surface area contributed by atoms with Gasteiger partial charge in [0, 0.05) is 13.6 Å². The van der Waals surface area contributed by atoms with Gasteiger partial charge in [0.2, 0.25) is 11.8 Å². The highest BCUT2D eigenvalue weighted by molar-refractivity contribution is 5.80. The molecule has 0 bridgehead atoms. The summed E-state index contributed by atoms with van der Waals surface area (Å²) in [4.78, 5) is 8.62. The first-order valence-electron chi connectivity index (χ1n) is 5.87. The molecule has 0 saturated carbocycles. The molecule has 0 aliphatic rings. The molecule has 3 aromatic rings. The highest BCUT2D eigenvalue weighted by Crippen LogP contribution is 2.26. The number of rotatable bonds is 4. The molecule has 2 N–H and O–H groups in total. The van der Waals surface area contributed by atoms with Crippen LogP contribution in [0.3, 0.4) is 0 Å². The van der Waals surface area contributed by atoms with E-state index in [1.54, 1.807) is 23.3 Å². The Hall–Kier alpha value is -2.64. The van der Waals surface area contributed by atoms with Crippen LogP contribution in [0.15, 0.2) is 18.6 Å². The van der Waals surface area contributed by atoms with E-state index in [9.17, 15) is 0 Å². The second-order valence-electron chi connectivity index (χ2n) is 3.97. The van der Waals surface area contributed by atoms with E-state index >= 15 is 0 Å². The molecule has 0 radical (unpaired) electrons. The predicted molar refractivity (Wildman–Crippen MR) is 69.1 cm³/mol. The van der Waals surface area contributed by atoms with E-state index in [1.807, 2.05) is 14.0 Å². The largest absolute Gasteiger partial charge is 0.435 e. The van der Waals surface area contributed by atoms with Crippen molar-refractivity contribution in [2.45, 2.75) is 6.92 Å². The van der Waals surface area contributed by atoms with Crippen molar-refractivity contribution in [1.82, 2.24) is 29.9 Å². The number of hydrogen-bond donors (Lipinski definition) is 2. The fourth-order valence-electron chi connectivity index (χ4n) is 1.69. The zero-order valence-corrected chi connectivity index (χ0v) is 10.6. The molecule has 0 amide bonds. The lowest BCUT2D eigenvalue weighted by Crippen LogP contribution is -2.03. The lowest BCUT2D eigenvalue weighted by atomic mass is 10.4. The van der Waals surface area contributed by atoms with Crippen LogP contribution in [-0.2, 0) is 7.05 Å². The van der Waals surface area contributed by atoms with Crippen LogP contribution < -0.4 is 10.1 Å². The Bertz CT molecular complexity index is 702. The molecular formula is C11H13N7O. The Kier molecular flexibility index (Phi) is 2.75. The zero-order valence-electron chi connectivity index (χ0n) is 10.6. The van der Waals surface area contributed by atoms with E-state index in [0.717, 1.165) is 11.9 Å². The number of hydrogen-bond acceptors (Lipinski definition) is 6. The number of fused-ring (bicyclic) bond motifs is 1. The molecule has 0 aromatic carbocycles. The maximum atomic E-state index is 5.72. The molecule has 0 fully saturated rings. The van der Waals surface area contributed by atoms with E-state index in [1.165, 1.54) is 0 Å². The van der Waals surface area contributed by atoms with Crippen LogP contribution in [0.2, 0.25) is 0 Å². The number of aryl methyl sites for hydroxylation is 1. The normalized spacial score (nSPS) is 10.8. The smallest absolute Gasteiger partial charge is 0.235 e. The fourth-order valence-corrected chi connectivity index (χ4v) is 1.69. The minimum absolute atomic E-state index is 0.447. The maximum absolute atomic E-state index is 5.72. The number of nitrogens with one attached hydrogen (secondary N) is 2. The van der Waals surface area contributed by atoms with Crippen molar-refractivity contribution in [2.24, 2.45) is 7.05 Å². The Labute approximate surface area is 108 Å². The molecule has 98 valence electrons. The van der Waals surface area contributed by atoms with E-state index in [0.29, 0.717) is 23.2 Å². The Morgan fingerprint density at radius 1 is 1.37 bits per heavy atom. The third-order valence-corrected chi connectivity index (χ3v) is 2.51. The van der Waals surface area contributed by atoms with Crippen molar-refractivity contribution >= 4 is 17.0 Å². The molecule has 0 aliphatic carbocycles. The minimum atomic E-state index is 0.447. The van der Waals surface area contributed by atoms with Crippen LogP contribution in [-0.4, -0.2) is 36.5 Å². The van der Waals surface area contributed by atoms with Crippen LogP contribution in [0, 0.1) is 0 Å². The van der Waals surface area contributed by atoms with Crippen LogP contribution in [0.1, 0.15) is 6.92 Å². The zero-order chi connectivity index (χ0) is 13.2. The summed E-state index contributed by atoms with van der Waals surface area (Å²) in [5.41, 5.74) is 0.629. The molecule has 0 saturated heterocycles. The van der Waals surface area contributed by atoms with Gasteiger partial charge in [-0.25, -0.2) is 0 Å². The van der Waals surface area contributed by atoms with Gasteiger partial charge in [-0.05, 0) is 6.92 Å². The summed E-state index contributed by atoms with van der Waals surface area (Å²) in [6, 6.07) is 0. The Balaban J connectivity index is 2.02. The molecule has 3 heterocycles. The maximum Gasteiger partial charge on any atom is 0.235 e. The quantitative estimate of drug-likeness (QED) is 0.733. The van der Waals surface area contributed by atoms with Gasteiger partial charge < -0.3 is 10.1 Å². The molecule has 8 nitrogen and oxygen atoms in total. The van der Waals surface area contributed by atoms with E-state index in [4.69, 9.17) is 4.74 Å². The molecule has 19 heavy (non-hydrogen) atoms. The van der Waals surface area contributed by atoms with Crippen LogP contribution in [0.4, 0.5) is 5.95 Å².